The molecule has 1 aliphatic rings. The second-order valence-corrected chi connectivity index (χ2v) is 5.70. The van der Waals surface area contributed by atoms with Crippen molar-refractivity contribution in [1.29, 1.82) is 0 Å². The molecule has 0 amide bonds. The van der Waals surface area contributed by atoms with Crippen LogP contribution in [0.1, 0.15) is 17.6 Å². The predicted molar refractivity (Wildman–Crippen MR) is 89.9 cm³/mol. The zero-order valence-corrected chi connectivity index (χ0v) is 13.6. The van der Waals surface area contributed by atoms with Crippen LogP contribution in [0, 0.1) is 0 Å². The fraction of sp³-hybridized carbons (Fsp3) is 0.278. The lowest BCUT2D eigenvalue weighted by Crippen LogP contribution is -2.33. The molecule has 1 aliphatic heterocycles. The van der Waals surface area contributed by atoms with Crippen molar-refractivity contribution in [2.75, 3.05) is 19.7 Å². The maximum atomic E-state index is 5.82. The van der Waals surface area contributed by atoms with Gasteiger partial charge in [-0.3, -0.25) is 4.98 Å². The van der Waals surface area contributed by atoms with Crippen LogP contribution in [-0.4, -0.2) is 34.8 Å². The highest BCUT2D eigenvalue weighted by molar-refractivity contribution is 5.56. The standard InChI is InChI=1S/C18H18N4O3/c1-4-14(9-15(5-1)24-12-13-3-2-6-19-10-13)17-21-18(25-22-17)16-11-20-7-8-23-16/h1-6,9-10,16,20H,7-8,11-12H2/t16-/m1/s1. The molecule has 25 heavy (non-hydrogen) atoms. The van der Waals surface area contributed by atoms with Crippen LogP contribution in [-0.2, 0) is 11.3 Å². The molecule has 0 unspecified atom stereocenters. The molecule has 3 heterocycles. The summed E-state index contributed by atoms with van der Waals surface area (Å²) < 4.78 is 16.8. The smallest absolute Gasteiger partial charge is 0.257 e. The molecule has 1 N–H and O–H groups in total. The fourth-order valence-corrected chi connectivity index (χ4v) is 2.58. The number of nitrogens with zero attached hydrogens (tertiary/aromatic N) is 3. The first kappa shape index (κ1) is 15.7. The maximum Gasteiger partial charge on any atom is 0.257 e. The number of hydrogen-bond donors (Lipinski definition) is 1. The van der Waals surface area contributed by atoms with Crippen LogP contribution in [0.4, 0.5) is 0 Å². The third kappa shape index (κ3) is 3.84. The highest BCUT2D eigenvalue weighted by Gasteiger charge is 2.22. The molecule has 7 nitrogen and oxygen atoms in total. The topological polar surface area (TPSA) is 82.3 Å². The van der Waals surface area contributed by atoms with Gasteiger partial charge in [-0.25, -0.2) is 0 Å². The Morgan fingerprint density at radius 2 is 2.24 bits per heavy atom. The lowest BCUT2D eigenvalue weighted by molar-refractivity contribution is 0.00755. The molecule has 1 aromatic carbocycles. The molecule has 0 spiro atoms. The Hall–Kier alpha value is -2.77. The number of benzene rings is 1. The summed E-state index contributed by atoms with van der Waals surface area (Å²) in [5, 5.41) is 7.31. The van der Waals surface area contributed by atoms with Crippen molar-refractivity contribution >= 4 is 0 Å². The van der Waals surface area contributed by atoms with Crippen LogP contribution in [0.3, 0.4) is 0 Å². The van der Waals surface area contributed by atoms with E-state index in [1.807, 2.05) is 36.4 Å². The number of morpholine rings is 1. The molecule has 2 aromatic heterocycles. The quantitative estimate of drug-likeness (QED) is 0.765. The molecule has 0 aliphatic carbocycles. The van der Waals surface area contributed by atoms with Gasteiger partial charge in [-0.2, -0.15) is 4.98 Å². The summed E-state index contributed by atoms with van der Waals surface area (Å²) in [5.74, 6) is 1.75. The van der Waals surface area contributed by atoms with E-state index >= 15 is 0 Å². The van der Waals surface area contributed by atoms with Crippen LogP contribution in [0.2, 0.25) is 0 Å². The highest BCUT2D eigenvalue weighted by Crippen LogP contribution is 2.24. The molecule has 0 radical (unpaired) electrons. The Morgan fingerprint density at radius 1 is 1.24 bits per heavy atom. The number of rotatable bonds is 5. The van der Waals surface area contributed by atoms with Crippen LogP contribution in [0.5, 0.6) is 5.75 Å². The predicted octanol–water partition coefficient (Wildman–Crippen LogP) is 2.37. The Kier molecular flexibility index (Phi) is 4.67. The van der Waals surface area contributed by atoms with Crippen LogP contribution in [0.25, 0.3) is 11.4 Å². The molecule has 4 rings (SSSR count). The molecule has 7 heteroatoms. The summed E-state index contributed by atoms with van der Waals surface area (Å²) in [6.07, 6.45) is 3.33. The van der Waals surface area contributed by atoms with E-state index in [9.17, 15) is 0 Å². The van der Waals surface area contributed by atoms with E-state index < -0.39 is 0 Å². The Balaban J connectivity index is 1.46. The van der Waals surface area contributed by atoms with E-state index in [0.29, 0.717) is 31.5 Å². The third-order valence-corrected chi connectivity index (χ3v) is 3.87. The third-order valence-electron chi connectivity index (χ3n) is 3.87. The number of pyridine rings is 1. The molecular weight excluding hydrogens is 320 g/mol. The number of nitrogens with one attached hydrogen (secondary N) is 1. The molecule has 0 bridgehead atoms. The van der Waals surface area contributed by atoms with Crippen molar-refractivity contribution in [3.05, 3.63) is 60.2 Å². The lowest BCUT2D eigenvalue weighted by atomic mass is 10.2. The summed E-state index contributed by atoms with van der Waals surface area (Å²) >= 11 is 0. The van der Waals surface area contributed by atoms with E-state index in [4.69, 9.17) is 14.0 Å². The minimum Gasteiger partial charge on any atom is -0.489 e. The fourth-order valence-electron chi connectivity index (χ4n) is 2.58. The lowest BCUT2D eigenvalue weighted by Gasteiger charge is -2.19. The van der Waals surface area contributed by atoms with E-state index in [1.54, 1.807) is 12.4 Å². The van der Waals surface area contributed by atoms with Gasteiger partial charge in [0.2, 0.25) is 5.82 Å². The Bertz CT molecular complexity index is 816. The van der Waals surface area contributed by atoms with Gasteiger partial charge in [0.25, 0.3) is 5.89 Å². The normalized spacial score (nSPS) is 17.4. The van der Waals surface area contributed by atoms with Crippen molar-refractivity contribution in [2.45, 2.75) is 12.7 Å². The van der Waals surface area contributed by atoms with E-state index in [0.717, 1.165) is 23.4 Å². The molecule has 1 atom stereocenters. The number of ether oxygens (including phenoxy) is 2. The molecule has 0 saturated carbocycles. The maximum absolute atomic E-state index is 5.82. The van der Waals surface area contributed by atoms with Gasteiger partial charge >= 0.3 is 0 Å². The Morgan fingerprint density at radius 3 is 3.08 bits per heavy atom. The van der Waals surface area contributed by atoms with Gasteiger partial charge < -0.3 is 19.3 Å². The molecule has 3 aromatic rings. The highest BCUT2D eigenvalue weighted by atomic mass is 16.5. The first-order valence-corrected chi connectivity index (χ1v) is 8.16. The van der Waals surface area contributed by atoms with E-state index in [2.05, 4.69) is 20.4 Å². The van der Waals surface area contributed by atoms with Crippen LogP contribution < -0.4 is 10.1 Å². The summed E-state index contributed by atoms with van der Waals surface area (Å²) in [5.41, 5.74) is 1.85. The summed E-state index contributed by atoms with van der Waals surface area (Å²) in [7, 11) is 0. The average Bonchev–Trinajstić information content (AvgIpc) is 3.18. The first-order chi connectivity index (χ1) is 12.4. The van der Waals surface area contributed by atoms with Gasteiger partial charge in [-0.15, -0.1) is 0 Å². The second-order valence-electron chi connectivity index (χ2n) is 5.70. The minimum atomic E-state index is -0.194. The van der Waals surface area contributed by atoms with E-state index in [1.165, 1.54) is 0 Å². The summed E-state index contributed by atoms with van der Waals surface area (Å²) in [6.45, 7) is 2.61. The SMILES string of the molecule is c1cncc(COc2cccc(-c3noc([C@H]4CNCCO4)n3)c2)c1. The molecule has 1 saturated heterocycles. The molecular formula is C18H18N4O3. The van der Waals surface area contributed by atoms with Gasteiger partial charge in [-0.1, -0.05) is 23.4 Å². The second kappa shape index (κ2) is 7.42. The van der Waals surface area contributed by atoms with Crippen molar-refractivity contribution < 1.29 is 14.0 Å². The van der Waals surface area contributed by atoms with Gasteiger partial charge in [0.15, 0.2) is 0 Å². The monoisotopic (exact) mass is 338 g/mol. The Labute approximate surface area is 145 Å². The number of aromatic nitrogens is 3. The van der Waals surface area contributed by atoms with Gasteiger partial charge in [0.1, 0.15) is 18.5 Å². The van der Waals surface area contributed by atoms with Crippen LogP contribution in [0.15, 0.2) is 53.3 Å². The van der Waals surface area contributed by atoms with Crippen LogP contribution >= 0.6 is 0 Å². The summed E-state index contributed by atoms with van der Waals surface area (Å²) in [6, 6.07) is 11.5. The minimum absolute atomic E-state index is 0.194. The van der Waals surface area contributed by atoms with Gasteiger partial charge in [-0.05, 0) is 18.2 Å². The average molecular weight is 338 g/mol. The zero-order chi connectivity index (χ0) is 16.9. The van der Waals surface area contributed by atoms with Crippen molar-refractivity contribution in [2.24, 2.45) is 0 Å². The summed E-state index contributed by atoms with van der Waals surface area (Å²) in [4.78, 5) is 8.54. The van der Waals surface area contributed by atoms with Crippen molar-refractivity contribution in [1.82, 2.24) is 20.4 Å². The number of hydrogen-bond acceptors (Lipinski definition) is 7. The van der Waals surface area contributed by atoms with Gasteiger partial charge in [0.05, 0.1) is 6.61 Å². The first-order valence-electron chi connectivity index (χ1n) is 8.16. The largest absolute Gasteiger partial charge is 0.489 e. The zero-order valence-electron chi connectivity index (χ0n) is 13.6. The van der Waals surface area contributed by atoms with E-state index in [-0.39, 0.29) is 6.10 Å². The molecule has 128 valence electrons. The van der Waals surface area contributed by atoms with Crippen molar-refractivity contribution in [3.8, 4) is 17.1 Å². The molecule has 1 fully saturated rings. The van der Waals surface area contributed by atoms with Gasteiger partial charge in [0, 0.05) is 36.6 Å². The van der Waals surface area contributed by atoms with Crippen molar-refractivity contribution in [3.63, 3.8) is 0 Å².